The number of fused-ring (bicyclic) bond motifs is 1. The van der Waals surface area contributed by atoms with E-state index in [0.717, 1.165) is 32.1 Å². The number of hydrogen-bond donors (Lipinski definition) is 1. The van der Waals surface area contributed by atoms with Crippen molar-refractivity contribution in [2.24, 2.45) is 17.8 Å². The molecule has 0 radical (unpaired) electrons. The summed E-state index contributed by atoms with van der Waals surface area (Å²) in [6, 6.07) is 0. The molecule has 78 valence electrons. The minimum absolute atomic E-state index is 0.0681. The van der Waals surface area contributed by atoms with Crippen LogP contribution in [0.25, 0.3) is 0 Å². The van der Waals surface area contributed by atoms with E-state index in [9.17, 15) is 9.59 Å². The number of carboxylic acids is 1. The van der Waals surface area contributed by atoms with Crippen LogP contribution in [0.1, 0.15) is 38.5 Å². The third kappa shape index (κ3) is 1.56. The summed E-state index contributed by atoms with van der Waals surface area (Å²) in [4.78, 5) is 22.6. The first-order valence-corrected chi connectivity index (χ1v) is 5.45. The summed E-state index contributed by atoms with van der Waals surface area (Å²) in [5.74, 6) is -0.747. The molecule has 0 saturated heterocycles. The molecular weight excluding hydrogens is 180 g/mol. The molecule has 2 saturated carbocycles. The van der Waals surface area contributed by atoms with Crippen LogP contribution >= 0.6 is 0 Å². The van der Waals surface area contributed by atoms with Crippen LogP contribution in [0.3, 0.4) is 0 Å². The van der Waals surface area contributed by atoms with Gasteiger partial charge in [0.25, 0.3) is 0 Å². The van der Waals surface area contributed by atoms with Crippen molar-refractivity contribution in [3.63, 3.8) is 0 Å². The molecule has 0 amide bonds. The van der Waals surface area contributed by atoms with Gasteiger partial charge in [-0.25, -0.2) is 0 Å². The lowest BCUT2D eigenvalue weighted by Gasteiger charge is -2.17. The first kappa shape index (κ1) is 9.69. The molecule has 3 heteroatoms. The van der Waals surface area contributed by atoms with E-state index < -0.39 is 5.97 Å². The maximum absolute atomic E-state index is 11.6. The van der Waals surface area contributed by atoms with Crippen LogP contribution in [-0.2, 0) is 9.59 Å². The molecule has 3 atom stereocenters. The zero-order valence-corrected chi connectivity index (χ0v) is 8.24. The van der Waals surface area contributed by atoms with Crippen molar-refractivity contribution in [1.29, 1.82) is 0 Å². The van der Waals surface area contributed by atoms with Gasteiger partial charge in [0.05, 0.1) is 5.92 Å². The second kappa shape index (κ2) is 3.71. The van der Waals surface area contributed by atoms with Crippen molar-refractivity contribution in [2.45, 2.75) is 38.5 Å². The lowest BCUT2D eigenvalue weighted by atomic mass is 9.85. The van der Waals surface area contributed by atoms with Gasteiger partial charge in [-0.3, -0.25) is 9.59 Å². The number of hydrogen-bond acceptors (Lipinski definition) is 2. The largest absolute Gasteiger partial charge is 0.481 e. The molecular formula is C11H16O3. The molecule has 0 spiro atoms. The summed E-state index contributed by atoms with van der Waals surface area (Å²) in [7, 11) is 0. The maximum atomic E-state index is 11.6. The van der Waals surface area contributed by atoms with E-state index >= 15 is 0 Å². The Bertz CT molecular complexity index is 259. The van der Waals surface area contributed by atoms with E-state index in [-0.39, 0.29) is 30.0 Å². The zero-order valence-electron chi connectivity index (χ0n) is 8.24. The van der Waals surface area contributed by atoms with Gasteiger partial charge in [0, 0.05) is 12.3 Å². The lowest BCUT2D eigenvalue weighted by molar-refractivity contribution is -0.143. The Morgan fingerprint density at radius 1 is 1.21 bits per heavy atom. The van der Waals surface area contributed by atoms with E-state index in [4.69, 9.17) is 5.11 Å². The number of carbonyl (C=O) groups is 2. The van der Waals surface area contributed by atoms with Crippen LogP contribution in [0.4, 0.5) is 0 Å². The highest BCUT2D eigenvalue weighted by Gasteiger charge is 2.45. The van der Waals surface area contributed by atoms with Crippen LogP contribution in [0.15, 0.2) is 0 Å². The molecule has 0 bridgehead atoms. The van der Waals surface area contributed by atoms with Crippen LogP contribution in [0.5, 0.6) is 0 Å². The number of carboxylic acid groups (broad SMARTS) is 1. The highest BCUT2D eigenvalue weighted by Crippen LogP contribution is 2.42. The van der Waals surface area contributed by atoms with Gasteiger partial charge in [0.1, 0.15) is 5.78 Å². The van der Waals surface area contributed by atoms with Crippen LogP contribution < -0.4 is 0 Å². The molecule has 2 rings (SSSR count). The third-order valence-electron chi connectivity index (χ3n) is 3.74. The quantitative estimate of drug-likeness (QED) is 0.696. The summed E-state index contributed by atoms with van der Waals surface area (Å²) in [5.41, 5.74) is 0. The van der Waals surface area contributed by atoms with Crippen molar-refractivity contribution in [1.82, 2.24) is 0 Å². The Kier molecular flexibility index (Phi) is 2.57. The number of ketones is 1. The highest BCUT2D eigenvalue weighted by atomic mass is 16.4. The van der Waals surface area contributed by atoms with Crippen LogP contribution in [-0.4, -0.2) is 16.9 Å². The molecule has 0 aromatic carbocycles. The standard InChI is InChI=1S/C11H16O3/c12-10-6-9(11(13)14)7-4-2-1-3-5-8(7)10/h7-9H,1-6H2,(H,13,14). The van der Waals surface area contributed by atoms with Crippen molar-refractivity contribution in [3.8, 4) is 0 Å². The van der Waals surface area contributed by atoms with Gasteiger partial charge in [-0.05, 0) is 18.8 Å². The predicted molar refractivity (Wildman–Crippen MR) is 50.8 cm³/mol. The van der Waals surface area contributed by atoms with Gasteiger partial charge in [-0.15, -0.1) is 0 Å². The monoisotopic (exact) mass is 196 g/mol. The summed E-state index contributed by atoms with van der Waals surface area (Å²) in [5, 5.41) is 9.01. The molecule has 3 unspecified atom stereocenters. The second-order valence-corrected chi connectivity index (χ2v) is 4.52. The minimum atomic E-state index is -0.771. The number of aliphatic carboxylic acids is 1. The Labute approximate surface area is 83.5 Å². The fourth-order valence-corrected chi connectivity index (χ4v) is 3.01. The zero-order chi connectivity index (χ0) is 10.1. The van der Waals surface area contributed by atoms with Crippen molar-refractivity contribution >= 4 is 11.8 Å². The second-order valence-electron chi connectivity index (χ2n) is 4.52. The summed E-state index contributed by atoms with van der Waals surface area (Å²) in [6.07, 6.45) is 5.50. The van der Waals surface area contributed by atoms with E-state index in [2.05, 4.69) is 0 Å². The highest BCUT2D eigenvalue weighted by molar-refractivity contribution is 5.89. The van der Waals surface area contributed by atoms with E-state index in [0.29, 0.717) is 0 Å². The Morgan fingerprint density at radius 2 is 1.93 bits per heavy atom. The van der Waals surface area contributed by atoms with Gasteiger partial charge in [-0.2, -0.15) is 0 Å². The Hall–Kier alpha value is -0.860. The van der Waals surface area contributed by atoms with Gasteiger partial charge in [0.15, 0.2) is 0 Å². The van der Waals surface area contributed by atoms with E-state index in [1.54, 1.807) is 0 Å². The SMILES string of the molecule is O=C(O)C1CC(=O)C2CCCCCC12. The molecule has 0 heterocycles. The molecule has 0 aliphatic heterocycles. The first-order valence-electron chi connectivity index (χ1n) is 5.45. The predicted octanol–water partition coefficient (Wildman–Crippen LogP) is 1.86. The Balaban J connectivity index is 2.17. The molecule has 2 aliphatic rings. The molecule has 0 aromatic rings. The number of carbonyl (C=O) groups excluding carboxylic acids is 1. The van der Waals surface area contributed by atoms with E-state index in [1.165, 1.54) is 0 Å². The van der Waals surface area contributed by atoms with Crippen molar-refractivity contribution in [2.75, 3.05) is 0 Å². The maximum Gasteiger partial charge on any atom is 0.307 e. The first-order chi connectivity index (χ1) is 6.70. The lowest BCUT2D eigenvalue weighted by Crippen LogP contribution is -2.21. The minimum Gasteiger partial charge on any atom is -0.481 e. The van der Waals surface area contributed by atoms with E-state index in [1.807, 2.05) is 0 Å². The average Bonchev–Trinajstić information content (AvgIpc) is 2.38. The molecule has 2 fully saturated rings. The topological polar surface area (TPSA) is 54.4 Å². The molecule has 1 N–H and O–H groups in total. The third-order valence-corrected chi connectivity index (χ3v) is 3.74. The number of rotatable bonds is 1. The Morgan fingerprint density at radius 3 is 2.64 bits per heavy atom. The van der Waals surface area contributed by atoms with Crippen LogP contribution in [0.2, 0.25) is 0 Å². The van der Waals surface area contributed by atoms with Gasteiger partial charge in [-0.1, -0.05) is 19.3 Å². The molecule has 0 aromatic heterocycles. The average molecular weight is 196 g/mol. The molecule has 3 nitrogen and oxygen atoms in total. The van der Waals surface area contributed by atoms with Crippen molar-refractivity contribution < 1.29 is 14.7 Å². The smallest absolute Gasteiger partial charge is 0.307 e. The van der Waals surface area contributed by atoms with Crippen LogP contribution in [0, 0.1) is 17.8 Å². The fraction of sp³-hybridized carbons (Fsp3) is 0.818. The summed E-state index contributed by atoms with van der Waals surface area (Å²) in [6.45, 7) is 0. The molecule has 2 aliphatic carbocycles. The molecule has 14 heavy (non-hydrogen) atoms. The van der Waals surface area contributed by atoms with Crippen molar-refractivity contribution in [3.05, 3.63) is 0 Å². The number of Topliss-reactive ketones (excluding diaryl/α,β-unsaturated/α-hetero) is 1. The fourth-order valence-electron chi connectivity index (χ4n) is 3.01. The van der Waals surface area contributed by atoms with Gasteiger partial charge in [0.2, 0.25) is 0 Å². The van der Waals surface area contributed by atoms with Gasteiger partial charge < -0.3 is 5.11 Å². The summed E-state index contributed by atoms with van der Waals surface area (Å²) < 4.78 is 0. The summed E-state index contributed by atoms with van der Waals surface area (Å²) >= 11 is 0. The normalized spacial score (nSPS) is 37.7. The van der Waals surface area contributed by atoms with Gasteiger partial charge >= 0.3 is 5.97 Å².